The Labute approximate surface area is 176 Å². The summed E-state index contributed by atoms with van der Waals surface area (Å²) < 4.78 is 0. The highest BCUT2D eigenvalue weighted by atomic mass is 16.3. The van der Waals surface area contributed by atoms with E-state index in [4.69, 9.17) is 4.98 Å². The van der Waals surface area contributed by atoms with Gasteiger partial charge in [-0.05, 0) is 55.5 Å². The molecule has 7 nitrogen and oxygen atoms in total. The molecule has 3 N–H and O–H groups in total. The van der Waals surface area contributed by atoms with Gasteiger partial charge < -0.3 is 20.6 Å². The van der Waals surface area contributed by atoms with Gasteiger partial charge in [0.2, 0.25) is 5.91 Å². The van der Waals surface area contributed by atoms with Gasteiger partial charge in [-0.1, -0.05) is 19.1 Å². The van der Waals surface area contributed by atoms with Crippen molar-refractivity contribution in [2.45, 2.75) is 57.1 Å². The molecule has 30 heavy (non-hydrogen) atoms. The molecule has 1 aromatic heterocycles. The lowest BCUT2D eigenvalue weighted by Gasteiger charge is -2.36. The molecule has 1 saturated heterocycles. The number of nitrogens with zero attached hydrogens (tertiary/aromatic N) is 3. The molecule has 1 aromatic carbocycles. The highest BCUT2D eigenvalue weighted by Crippen LogP contribution is 2.52. The Morgan fingerprint density at radius 3 is 2.90 bits per heavy atom. The molecule has 0 unspecified atom stereocenters. The number of hydrogen-bond donors (Lipinski definition) is 3. The SMILES string of the molecule is CC(=O)NCc1cccc2c1C1(CCNCC1)CN2c1ncnc2c1[C@H](C)C[C@H]2O. The van der Waals surface area contributed by atoms with Crippen molar-refractivity contribution in [2.24, 2.45) is 0 Å². The fourth-order valence-electron chi connectivity index (χ4n) is 5.68. The van der Waals surface area contributed by atoms with Crippen molar-refractivity contribution in [3.8, 4) is 0 Å². The third kappa shape index (κ3) is 2.99. The van der Waals surface area contributed by atoms with Crippen LogP contribution in [0.5, 0.6) is 0 Å². The number of aliphatic hydroxyl groups excluding tert-OH is 1. The number of benzene rings is 1. The number of amides is 1. The molecular weight excluding hydrogens is 378 g/mol. The van der Waals surface area contributed by atoms with Crippen LogP contribution < -0.4 is 15.5 Å². The number of aliphatic hydroxyl groups is 1. The normalized spacial score (nSPS) is 24.0. The smallest absolute Gasteiger partial charge is 0.217 e. The number of hydrogen-bond acceptors (Lipinski definition) is 6. The second-order valence-corrected chi connectivity index (χ2v) is 8.99. The Hall–Kier alpha value is -2.51. The van der Waals surface area contributed by atoms with Gasteiger partial charge in [0, 0.05) is 36.7 Å². The van der Waals surface area contributed by atoms with E-state index in [9.17, 15) is 9.90 Å². The first-order valence-electron chi connectivity index (χ1n) is 10.9. The quantitative estimate of drug-likeness (QED) is 0.724. The predicted molar refractivity (Wildman–Crippen MR) is 115 cm³/mol. The van der Waals surface area contributed by atoms with Gasteiger partial charge in [0.1, 0.15) is 12.1 Å². The van der Waals surface area contributed by atoms with Crippen molar-refractivity contribution < 1.29 is 9.90 Å². The van der Waals surface area contributed by atoms with Gasteiger partial charge in [-0.15, -0.1) is 0 Å². The fourth-order valence-corrected chi connectivity index (χ4v) is 5.68. The molecule has 2 aliphatic heterocycles. The largest absolute Gasteiger partial charge is 0.387 e. The first kappa shape index (κ1) is 19.5. The average Bonchev–Trinajstić information content (AvgIpc) is 3.22. The van der Waals surface area contributed by atoms with E-state index < -0.39 is 6.10 Å². The van der Waals surface area contributed by atoms with Gasteiger partial charge in [-0.2, -0.15) is 0 Å². The highest BCUT2D eigenvalue weighted by Gasteiger charge is 2.47. The second kappa shape index (κ2) is 7.32. The predicted octanol–water partition coefficient (Wildman–Crippen LogP) is 2.43. The van der Waals surface area contributed by atoms with Crippen LogP contribution in [-0.4, -0.2) is 40.6 Å². The van der Waals surface area contributed by atoms with Crippen LogP contribution >= 0.6 is 0 Å². The van der Waals surface area contributed by atoms with E-state index in [0.717, 1.165) is 49.6 Å². The van der Waals surface area contributed by atoms with Crippen molar-refractivity contribution in [3.63, 3.8) is 0 Å². The lowest BCUT2D eigenvalue weighted by atomic mass is 9.73. The molecule has 0 radical (unpaired) electrons. The molecule has 158 valence electrons. The Balaban J connectivity index is 1.64. The number of fused-ring (bicyclic) bond motifs is 3. The van der Waals surface area contributed by atoms with Crippen molar-refractivity contribution in [1.82, 2.24) is 20.6 Å². The molecule has 1 fully saturated rings. The van der Waals surface area contributed by atoms with E-state index in [-0.39, 0.29) is 17.2 Å². The monoisotopic (exact) mass is 407 g/mol. The Morgan fingerprint density at radius 2 is 2.13 bits per heavy atom. The molecule has 1 amide bonds. The molecular formula is C23H29N5O2. The molecule has 3 heterocycles. The van der Waals surface area contributed by atoms with Crippen LogP contribution in [0.4, 0.5) is 11.5 Å². The van der Waals surface area contributed by atoms with E-state index in [1.165, 1.54) is 16.8 Å². The van der Waals surface area contributed by atoms with Gasteiger partial charge in [0.25, 0.3) is 0 Å². The van der Waals surface area contributed by atoms with E-state index in [1.807, 2.05) is 0 Å². The second-order valence-electron chi connectivity index (χ2n) is 8.99. The maximum atomic E-state index is 11.6. The Kier molecular flexibility index (Phi) is 4.75. The zero-order valence-corrected chi connectivity index (χ0v) is 17.6. The van der Waals surface area contributed by atoms with Crippen LogP contribution in [0.25, 0.3) is 0 Å². The van der Waals surface area contributed by atoms with Crippen LogP contribution in [-0.2, 0) is 16.8 Å². The molecule has 1 spiro atoms. The van der Waals surface area contributed by atoms with E-state index in [2.05, 4.69) is 45.6 Å². The number of nitrogens with one attached hydrogen (secondary N) is 2. The van der Waals surface area contributed by atoms with E-state index in [1.54, 1.807) is 13.3 Å². The van der Waals surface area contributed by atoms with E-state index in [0.29, 0.717) is 13.0 Å². The summed E-state index contributed by atoms with van der Waals surface area (Å²) in [4.78, 5) is 23.1. The number of carbonyl (C=O) groups excluding carboxylic acids is 1. The van der Waals surface area contributed by atoms with Crippen LogP contribution in [0.2, 0.25) is 0 Å². The minimum absolute atomic E-state index is 0.0155. The summed E-state index contributed by atoms with van der Waals surface area (Å²) in [7, 11) is 0. The van der Waals surface area contributed by atoms with Crippen LogP contribution in [0.3, 0.4) is 0 Å². The molecule has 2 aromatic rings. The van der Waals surface area contributed by atoms with Crippen molar-refractivity contribution in [1.29, 1.82) is 0 Å². The molecule has 0 bridgehead atoms. The van der Waals surface area contributed by atoms with Gasteiger partial charge in [-0.3, -0.25) is 4.79 Å². The fraction of sp³-hybridized carbons (Fsp3) is 0.522. The zero-order chi connectivity index (χ0) is 20.9. The summed E-state index contributed by atoms with van der Waals surface area (Å²) >= 11 is 0. The molecule has 2 atom stereocenters. The number of carbonyl (C=O) groups is 1. The van der Waals surface area contributed by atoms with Crippen LogP contribution in [0.15, 0.2) is 24.5 Å². The summed E-state index contributed by atoms with van der Waals surface area (Å²) in [5, 5.41) is 17.0. The third-order valence-corrected chi connectivity index (χ3v) is 7.03. The maximum Gasteiger partial charge on any atom is 0.217 e. The van der Waals surface area contributed by atoms with Crippen molar-refractivity contribution in [3.05, 3.63) is 46.9 Å². The topological polar surface area (TPSA) is 90.4 Å². The highest BCUT2D eigenvalue weighted by molar-refractivity contribution is 5.76. The molecule has 7 heteroatoms. The third-order valence-electron chi connectivity index (χ3n) is 7.03. The summed E-state index contributed by atoms with van der Waals surface area (Å²) in [5.41, 5.74) is 5.59. The minimum atomic E-state index is -0.516. The summed E-state index contributed by atoms with van der Waals surface area (Å²) in [6.45, 7) is 7.09. The van der Waals surface area contributed by atoms with Crippen molar-refractivity contribution >= 4 is 17.4 Å². The molecule has 3 aliphatic rings. The van der Waals surface area contributed by atoms with Gasteiger partial charge in [-0.25, -0.2) is 9.97 Å². The Bertz CT molecular complexity index is 986. The standard InChI is InChI=1S/C23H29N5O2/c1-14-10-18(30)21-19(14)22(27-13-26-21)28-12-23(6-8-24-9-7-23)20-16(11-25-15(2)29)4-3-5-17(20)28/h3-5,13-14,18,24,30H,6-12H2,1-2H3,(H,25,29)/t14-,18-/m1/s1. The molecule has 0 saturated carbocycles. The lowest BCUT2D eigenvalue weighted by molar-refractivity contribution is -0.119. The number of aromatic nitrogens is 2. The van der Waals surface area contributed by atoms with Crippen molar-refractivity contribution in [2.75, 3.05) is 24.5 Å². The average molecular weight is 408 g/mol. The number of rotatable bonds is 3. The molecule has 5 rings (SSSR count). The van der Waals surface area contributed by atoms with Crippen LogP contribution in [0.1, 0.15) is 67.5 Å². The minimum Gasteiger partial charge on any atom is -0.387 e. The lowest BCUT2D eigenvalue weighted by Crippen LogP contribution is -2.43. The van der Waals surface area contributed by atoms with Gasteiger partial charge >= 0.3 is 0 Å². The van der Waals surface area contributed by atoms with Crippen LogP contribution in [0, 0.1) is 0 Å². The summed E-state index contributed by atoms with van der Waals surface area (Å²) in [6, 6.07) is 6.38. The first-order chi connectivity index (χ1) is 14.5. The number of anilines is 2. The molecule has 1 aliphatic carbocycles. The maximum absolute atomic E-state index is 11.6. The van der Waals surface area contributed by atoms with Gasteiger partial charge in [0.15, 0.2) is 0 Å². The Morgan fingerprint density at radius 1 is 1.33 bits per heavy atom. The van der Waals surface area contributed by atoms with E-state index >= 15 is 0 Å². The first-order valence-corrected chi connectivity index (χ1v) is 10.9. The van der Waals surface area contributed by atoms with Gasteiger partial charge in [0.05, 0.1) is 11.8 Å². The summed E-state index contributed by atoms with van der Waals surface area (Å²) in [6.07, 6.45) is 3.87. The summed E-state index contributed by atoms with van der Waals surface area (Å²) in [5.74, 6) is 1.14. The number of piperidine rings is 1. The zero-order valence-electron chi connectivity index (χ0n) is 17.6.